The molecule has 114 valence electrons. The van der Waals surface area contributed by atoms with E-state index in [1.807, 2.05) is 7.05 Å². The van der Waals surface area contributed by atoms with Crippen LogP contribution in [0, 0.1) is 6.92 Å². The number of ether oxygens (including phenoxy) is 1. The third kappa shape index (κ3) is 3.95. The molecule has 21 heavy (non-hydrogen) atoms. The van der Waals surface area contributed by atoms with E-state index in [0.717, 1.165) is 26.2 Å². The highest BCUT2D eigenvalue weighted by Gasteiger charge is 2.19. The normalized spacial score (nSPS) is 15.8. The number of aromatic carboxylic acids is 1. The van der Waals surface area contributed by atoms with Gasteiger partial charge in [0.05, 0.1) is 5.56 Å². The smallest absolute Gasteiger partial charge is 0.335 e. The van der Waals surface area contributed by atoms with Crippen molar-refractivity contribution in [1.82, 2.24) is 9.80 Å². The van der Waals surface area contributed by atoms with E-state index in [9.17, 15) is 9.59 Å². The molecule has 0 radical (unpaired) electrons. The molecule has 0 aliphatic carbocycles. The van der Waals surface area contributed by atoms with Gasteiger partial charge in [-0.05, 0) is 37.7 Å². The monoisotopic (exact) mass is 292 g/mol. The lowest BCUT2D eigenvalue weighted by molar-refractivity contribution is -0.134. The van der Waals surface area contributed by atoms with Gasteiger partial charge in [-0.15, -0.1) is 0 Å². The second-order valence-corrected chi connectivity index (χ2v) is 5.25. The van der Waals surface area contributed by atoms with Gasteiger partial charge >= 0.3 is 5.97 Å². The van der Waals surface area contributed by atoms with Crippen molar-refractivity contribution in [1.29, 1.82) is 0 Å². The highest BCUT2D eigenvalue weighted by atomic mass is 16.5. The minimum Gasteiger partial charge on any atom is -0.484 e. The molecule has 0 atom stereocenters. The highest BCUT2D eigenvalue weighted by molar-refractivity contribution is 5.89. The van der Waals surface area contributed by atoms with Crippen LogP contribution in [-0.2, 0) is 4.79 Å². The highest BCUT2D eigenvalue weighted by Crippen LogP contribution is 2.17. The number of carboxylic acid groups (broad SMARTS) is 1. The number of carboxylic acids is 1. The molecule has 6 nitrogen and oxygen atoms in total. The maximum Gasteiger partial charge on any atom is 0.335 e. The number of nitrogens with zero attached hydrogens (tertiary/aromatic N) is 2. The van der Waals surface area contributed by atoms with Gasteiger partial charge in [-0.2, -0.15) is 0 Å². The standard InChI is InChI=1S/C15H20N2O4/c1-11-9-12(3-4-13(11)15(19)20)21-10-14(18)17-7-5-16(2)6-8-17/h3-4,9H,5-8,10H2,1-2H3,(H,19,20). The molecular formula is C15H20N2O4. The summed E-state index contributed by atoms with van der Waals surface area (Å²) in [4.78, 5) is 26.9. The Labute approximate surface area is 123 Å². The van der Waals surface area contributed by atoms with Crippen LogP contribution in [0.15, 0.2) is 18.2 Å². The molecular weight excluding hydrogens is 272 g/mol. The first-order valence-electron chi connectivity index (χ1n) is 6.90. The number of carbonyl (C=O) groups excluding carboxylic acids is 1. The van der Waals surface area contributed by atoms with Gasteiger partial charge in [0.1, 0.15) is 5.75 Å². The molecule has 1 saturated heterocycles. The number of likely N-dealkylation sites (N-methyl/N-ethyl adjacent to an activating group) is 1. The lowest BCUT2D eigenvalue weighted by Crippen LogP contribution is -2.48. The first kappa shape index (κ1) is 15.3. The number of amides is 1. The van der Waals surface area contributed by atoms with Gasteiger partial charge in [-0.25, -0.2) is 4.79 Å². The largest absolute Gasteiger partial charge is 0.484 e. The summed E-state index contributed by atoms with van der Waals surface area (Å²) in [5, 5.41) is 8.96. The Bertz CT molecular complexity index is 536. The molecule has 1 aliphatic heterocycles. The van der Waals surface area contributed by atoms with E-state index in [1.165, 1.54) is 6.07 Å². The van der Waals surface area contributed by atoms with E-state index < -0.39 is 5.97 Å². The van der Waals surface area contributed by atoms with Gasteiger partial charge in [0.15, 0.2) is 6.61 Å². The zero-order chi connectivity index (χ0) is 15.4. The maximum absolute atomic E-state index is 12.0. The van der Waals surface area contributed by atoms with E-state index >= 15 is 0 Å². The molecule has 1 heterocycles. The van der Waals surface area contributed by atoms with Crippen LogP contribution in [-0.4, -0.2) is 66.6 Å². The molecule has 0 bridgehead atoms. The van der Waals surface area contributed by atoms with Crippen LogP contribution in [0.25, 0.3) is 0 Å². The molecule has 0 unspecified atom stereocenters. The topological polar surface area (TPSA) is 70.1 Å². The molecule has 1 aromatic rings. The summed E-state index contributed by atoms with van der Waals surface area (Å²) < 4.78 is 5.47. The Kier molecular flexibility index (Phi) is 4.80. The summed E-state index contributed by atoms with van der Waals surface area (Å²) in [7, 11) is 2.03. The number of rotatable bonds is 4. The Morgan fingerprint density at radius 3 is 2.48 bits per heavy atom. The SMILES string of the molecule is Cc1cc(OCC(=O)N2CCN(C)CC2)ccc1C(=O)O. The van der Waals surface area contributed by atoms with Crippen LogP contribution in [0.3, 0.4) is 0 Å². The summed E-state index contributed by atoms with van der Waals surface area (Å²) in [6.07, 6.45) is 0. The zero-order valence-corrected chi connectivity index (χ0v) is 12.3. The molecule has 1 aromatic carbocycles. The van der Waals surface area contributed by atoms with Crippen LogP contribution in [0.4, 0.5) is 0 Å². The van der Waals surface area contributed by atoms with E-state index in [1.54, 1.807) is 24.0 Å². The van der Waals surface area contributed by atoms with Crippen molar-refractivity contribution in [2.45, 2.75) is 6.92 Å². The van der Waals surface area contributed by atoms with Crippen LogP contribution in [0.2, 0.25) is 0 Å². The second kappa shape index (κ2) is 6.58. The maximum atomic E-state index is 12.0. The fourth-order valence-electron chi connectivity index (χ4n) is 2.26. The Balaban J connectivity index is 1.89. The average Bonchev–Trinajstić information content (AvgIpc) is 2.45. The predicted molar refractivity (Wildman–Crippen MR) is 77.7 cm³/mol. The first-order valence-corrected chi connectivity index (χ1v) is 6.90. The quantitative estimate of drug-likeness (QED) is 0.891. The molecule has 1 amide bonds. The van der Waals surface area contributed by atoms with Crippen LogP contribution in [0.1, 0.15) is 15.9 Å². The zero-order valence-electron chi connectivity index (χ0n) is 12.3. The number of piperazine rings is 1. The summed E-state index contributed by atoms with van der Waals surface area (Å²) in [6.45, 7) is 4.87. The number of hydrogen-bond donors (Lipinski definition) is 1. The summed E-state index contributed by atoms with van der Waals surface area (Å²) in [5.74, 6) is -0.490. The summed E-state index contributed by atoms with van der Waals surface area (Å²) >= 11 is 0. The van der Waals surface area contributed by atoms with Gasteiger partial charge in [-0.3, -0.25) is 4.79 Å². The van der Waals surface area contributed by atoms with E-state index in [4.69, 9.17) is 9.84 Å². The van der Waals surface area contributed by atoms with Crippen LogP contribution < -0.4 is 4.74 Å². The van der Waals surface area contributed by atoms with Gasteiger partial charge in [-0.1, -0.05) is 0 Å². The number of hydrogen-bond acceptors (Lipinski definition) is 4. The number of aryl methyl sites for hydroxylation is 1. The van der Waals surface area contributed by atoms with Crippen molar-refractivity contribution in [2.24, 2.45) is 0 Å². The lowest BCUT2D eigenvalue weighted by Gasteiger charge is -2.32. The predicted octanol–water partition coefficient (Wildman–Crippen LogP) is 0.846. The Morgan fingerprint density at radius 2 is 1.90 bits per heavy atom. The molecule has 1 fully saturated rings. The fourth-order valence-corrected chi connectivity index (χ4v) is 2.26. The first-order chi connectivity index (χ1) is 9.97. The third-order valence-corrected chi connectivity index (χ3v) is 3.65. The van der Waals surface area contributed by atoms with E-state index in [2.05, 4.69) is 4.90 Å². The van der Waals surface area contributed by atoms with E-state index in [-0.39, 0.29) is 18.1 Å². The van der Waals surface area contributed by atoms with Gasteiger partial charge < -0.3 is 19.6 Å². The third-order valence-electron chi connectivity index (χ3n) is 3.65. The Hall–Kier alpha value is -2.08. The molecule has 0 aromatic heterocycles. The molecule has 6 heteroatoms. The molecule has 1 N–H and O–H groups in total. The van der Waals surface area contributed by atoms with Crippen molar-refractivity contribution in [3.63, 3.8) is 0 Å². The second-order valence-electron chi connectivity index (χ2n) is 5.25. The van der Waals surface area contributed by atoms with E-state index in [0.29, 0.717) is 11.3 Å². The summed E-state index contributed by atoms with van der Waals surface area (Å²) in [5.41, 5.74) is 0.861. The number of benzene rings is 1. The molecule has 0 spiro atoms. The Morgan fingerprint density at radius 1 is 1.24 bits per heavy atom. The molecule has 0 saturated carbocycles. The minimum atomic E-state index is -0.965. The minimum absolute atomic E-state index is 0.0183. The van der Waals surface area contributed by atoms with Crippen LogP contribution in [0.5, 0.6) is 5.75 Å². The van der Waals surface area contributed by atoms with Crippen molar-refractivity contribution < 1.29 is 19.4 Å². The number of carbonyl (C=O) groups is 2. The molecule has 1 aliphatic rings. The average molecular weight is 292 g/mol. The van der Waals surface area contributed by atoms with Crippen molar-refractivity contribution in [3.8, 4) is 5.75 Å². The lowest BCUT2D eigenvalue weighted by atomic mass is 10.1. The molecule has 2 rings (SSSR count). The van der Waals surface area contributed by atoms with Crippen molar-refractivity contribution in [2.75, 3.05) is 39.8 Å². The van der Waals surface area contributed by atoms with Gasteiger partial charge in [0.25, 0.3) is 5.91 Å². The van der Waals surface area contributed by atoms with Crippen LogP contribution >= 0.6 is 0 Å². The fraction of sp³-hybridized carbons (Fsp3) is 0.467. The van der Waals surface area contributed by atoms with Crippen molar-refractivity contribution in [3.05, 3.63) is 29.3 Å². The van der Waals surface area contributed by atoms with Gasteiger partial charge in [0, 0.05) is 26.2 Å². The van der Waals surface area contributed by atoms with Gasteiger partial charge in [0.2, 0.25) is 0 Å². The summed E-state index contributed by atoms with van der Waals surface area (Å²) in [6, 6.07) is 4.71. The van der Waals surface area contributed by atoms with Crippen molar-refractivity contribution >= 4 is 11.9 Å².